The van der Waals surface area contributed by atoms with Crippen LogP contribution in [-0.2, 0) is 9.53 Å². The van der Waals surface area contributed by atoms with Crippen LogP contribution >= 0.6 is 15.9 Å². The summed E-state index contributed by atoms with van der Waals surface area (Å²) in [5.41, 5.74) is 0.113. The molecule has 2 unspecified atom stereocenters. The number of halogens is 1. The first-order valence-corrected chi connectivity index (χ1v) is 4.16. The summed E-state index contributed by atoms with van der Waals surface area (Å²) in [5.74, 6) is 0.315. The molecule has 2 aliphatic rings. The fourth-order valence-corrected chi connectivity index (χ4v) is 2.79. The van der Waals surface area contributed by atoms with Crippen molar-refractivity contribution in [1.82, 2.24) is 0 Å². The summed E-state index contributed by atoms with van der Waals surface area (Å²) in [5, 5.41) is 0. The Kier molecular flexibility index (Phi) is 0.945. The molecule has 1 heterocycles. The third-order valence-corrected chi connectivity index (χ3v) is 4.78. The van der Waals surface area contributed by atoms with Gasteiger partial charge in [-0.05, 0) is 5.41 Å². The van der Waals surface area contributed by atoms with Gasteiger partial charge in [0.05, 0.1) is 6.61 Å². The minimum Gasteiger partial charge on any atom is -0.464 e. The van der Waals surface area contributed by atoms with Gasteiger partial charge in [-0.1, -0.05) is 29.8 Å². The maximum atomic E-state index is 11.1. The van der Waals surface area contributed by atoms with Crippen LogP contribution in [0.4, 0.5) is 0 Å². The molecule has 0 N–H and O–H groups in total. The van der Waals surface area contributed by atoms with Crippen LogP contribution in [0.5, 0.6) is 0 Å². The van der Waals surface area contributed by atoms with E-state index < -0.39 is 0 Å². The van der Waals surface area contributed by atoms with Crippen molar-refractivity contribution >= 4 is 21.9 Å². The lowest BCUT2D eigenvalue weighted by Crippen LogP contribution is -2.20. The number of alkyl halides is 1. The standard InChI is InChI=1S/C7H9BrO2/c1-6(2)4-3-10-5(9)7(4,6)8/h4H,3H2,1-2H3. The van der Waals surface area contributed by atoms with Gasteiger partial charge in [0.15, 0.2) is 0 Å². The molecule has 10 heavy (non-hydrogen) atoms. The highest BCUT2D eigenvalue weighted by Gasteiger charge is 2.79. The van der Waals surface area contributed by atoms with Crippen LogP contribution < -0.4 is 0 Å². The first kappa shape index (κ1) is 6.65. The lowest BCUT2D eigenvalue weighted by atomic mass is 10.1. The van der Waals surface area contributed by atoms with Gasteiger partial charge < -0.3 is 4.74 Å². The third-order valence-electron chi connectivity index (χ3n) is 2.88. The Balaban J connectivity index is 2.37. The number of ether oxygens (including phenoxy) is 1. The fraction of sp³-hybridized carbons (Fsp3) is 0.857. The first-order chi connectivity index (χ1) is 4.51. The van der Waals surface area contributed by atoms with Gasteiger partial charge in [-0.3, -0.25) is 4.79 Å². The van der Waals surface area contributed by atoms with E-state index in [0.29, 0.717) is 12.5 Å². The van der Waals surface area contributed by atoms with Gasteiger partial charge in [-0.15, -0.1) is 0 Å². The maximum Gasteiger partial charge on any atom is 0.323 e. The molecule has 0 aromatic heterocycles. The Hall–Kier alpha value is -0.0500. The second kappa shape index (κ2) is 1.42. The van der Waals surface area contributed by atoms with E-state index >= 15 is 0 Å². The Morgan fingerprint density at radius 1 is 1.70 bits per heavy atom. The summed E-state index contributed by atoms with van der Waals surface area (Å²) >= 11 is 3.43. The highest BCUT2D eigenvalue weighted by atomic mass is 79.9. The van der Waals surface area contributed by atoms with Crippen molar-refractivity contribution in [2.45, 2.75) is 18.2 Å². The molecule has 2 rings (SSSR count). The molecule has 0 aromatic rings. The molecular weight excluding hydrogens is 196 g/mol. The average Bonchev–Trinajstić information content (AvgIpc) is 2.19. The zero-order chi connectivity index (χ0) is 7.57. The smallest absolute Gasteiger partial charge is 0.323 e. The molecular formula is C7H9BrO2. The topological polar surface area (TPSA) is 26.3 Å². The maximum absolute atomic E-state index is 11.1. The van der Waals surface area contributed by atoms with Crippen LogP contribution in [-0.4, -0.2) is 16.9 Å². The van der Waals surface area contributed by atoms with E-state index in [9.17, 15) is 4.79 Å². The molecule has 2 fully saturated rings. The van der Waals surface area contributed by atoms with Crippen molar-refractivity contribution in [3.8, 4) is 0 Å². The van der Waals surface area contributed by atoms with Gasteiger partial charge in [-0.25, -0.2) is 0 Å². The Labute approximate surface area is 68.1 Å². The van der Waals surface area contributed by atoms with Crippen molar-refractivity contribution < 1.29 is 9.53 Å². The van der Waals surface area contributed by atoms with Crippen molar-refractivity contribution in [2.75, 3.05) is 6.61 Å². The molecule has 2 nitrogen and oxygen atoms in total. The molecule has 0 amide bonds. The number of hydrogen-bond acceptors (Lipinski definition) is 2. The van der Waals surface area contributed by atoms with E-state index in [1.54, 1.807) is 0 Å². The summed E-state index contributed by atoms with van der Waals surface area (Å²) < 4.78 is 4.53. The summed E-state index contributed by atoms with van der Waals surface area (Å²) in [4.78, 5) is 11.1. The Morgan fingerprint density at radius 3 is 2.50 bits per heavy atom. The largest absolute Gasteiger partial charge is 0.464 e. The van der Waals surface area contributed by atoms with Crippen LogP contribution in [0.3, 0.4) is 0 Å². The predicted molar refractivity (Wildman–Crippen MR) is 39.9 cm³/mol. The molecule has 0 spiro atoms. The number of fused-ring (bicyclic) bond motifs is 1. The Morgan fingerprint density at radius 2 is 2.30 bits per heavy atom. The predicted octanol–water partition coefficient (Wildman–Crippen LogP) is 1.33. The summed E-state index contributed by atoms with van der Waals surface area (Å²) in [7, 11) is 0. The average molecular weight is 205 g/mol. The van der Waals surface area contributed by atoms with Gasteiger partial charge in [-0.2, -0.15) is 0 Å². The fourth-order valence-electron chi connectivity index (χ4n) is 1.81. The second-order valence-electron chi connectivity index (χ2n) is 3.58. The van der Waals surface area contributed by atoms with Gasteiger partial charge in [0.1, 0.15) is 4.32 Å². The van der Waals surface area contributed by atoms with Crippen LogP contribution in [0.15, 0.2) is 0 Å². The van der Waals surface area contributed by atoms with Crippen LogP contribution in [0.2, 0.25) is 0 Å². The van der Waals surface area contributed by atoms with E-state index in [4.69, 9.17) is 4.74 Å². The van der Waals surface area contributed by atoms with Crippen molar-refractivity contribution in [3.63, 3.8) is 0 Å². The highest BCUT2D eigenvalue weighted by molar-refractivity contribution is 9.10. The molecule has 56 valence electrons. The van der Waals surface area contributed by atoms with E-state index in [0.717, 1.165) is 0 Å². The Bertz CT molecular complexity index is 212. The SMILES string of the molecule is CC1(C)C2COC(=O)C21Br. The van der Waals surface area contributed by atoms with Crippen molar-refractivity contribution in [3.05, 3.63) is 0 Å². The molecule has 0 radical (unpaired) electrons. The van der Waals surface area contributed by atoms with Crippen LogP contribution in [0.1, 0.15) is 13.8 Å². The number of carbonyl (C=O) groups excluding carboxylic acids is 1. The number of rotatable bonds is 0. The normalized spacial score (nSPS) is 48.3. The molecule has 1 aliphatic carbocycles. The van der Waals surface area contributed by atoms with E-state index in [-0.39, 0.29) is 15.7 Å². The van der Waals surface area contributed by atoms with Crippen LogP contribution in [0, 0.1) is 11.3 Å². The summed E-state index contributed by atoms with van der Waals surface area (Å²) in [6, 6.07) is 0. The van der Waals surface area contributed by atoms with E-state index in [1.807, 2.05) is 0 Å². The molecule has 0 aromatic carbocycles. The molecule has 3 heteroatoms. The summed E-state index contributed by atoms with van der Waals surface area (Å²) in [6.07, 6.45) is 0. The monoisotopic (exact) mass is 204 g/mol. The van der Waals surface area contributed by atoms with Crippen molar-refractivity contribution in [2.24, 2.45) is 11.3 Å². The molecule has 1 saturated heterocycles. The first-order valence-electron chi connectivity index (χ1n) is 3.37. The van der Waals surface area contributed by atoms with E-state index in [2.05, 4.69) is 29.8 Å². The van der Waals surface area contributed by atoms with Crippen molar-refractivity contribution in [1.29, 1.82) is 0 Å². The minimum absolute atomic E-state index is 0.0810. The molecule has 1 aliphatic heterocycles. The molecule has 1 saturated carbocycles. The highest BCUT2D eigenvalue weighted by Crippen LogP contribution is 2.70. The van der Waals surface area contributed by atoms with Gasteiger partial charge >= 0.3 is 5.97 Å². The lowest BCUT2D eigenvalue weighted by Gasteiger charge is -2.10. The van der Waals surface area contributed by atoms with Gasteiger partial charge in [0.25, 0.3) is 0 Å². The van der Waals surface area contributed by atoms with Crippen LogP contribution in [0.25, 0.3) is 0 Å². The number of esters is 1. The zero-order valence-corrected chi connectivity index (χ0v) is 7.56. The number of hydrogen-bond donors (Lipinski definition) is 0. The number of cyclic esters (lactones) is 1. The van der Waals surface area contributed by atoms with Gasteiger partial charge in [0, 0.05) is 5.92 Å². The number of carbonyl (C=O) groups is 1. The van der Waals surface area contributed by atoms with Gasteiger partial charge in [0.2, 0.25) is 0 Å². The quantitative estimate of drug-likeness (QED) is 0.440. The minimum atomic E-state index is -0.333. The second-order valence-corrected chi connectivity index (χ2v) is 4.84. The zero-order valence-electron chi connectivity index (χ0n) is 5.98. The molecule has 0 bridgehead atoms. The molecule has 2 atom stereocenters. The lowest BCUT2D eigenvalue weighted by molar-refractivity contribution is -0.141. The van der Waals surface area contributed by atoms with E-state index in [1.165, 1.54) is 0 Å². The summed E-state index contributed by atoms with van der Waals surface area (Å²) in [6.45, 7) is 4.77. The third kappa shape index (κ3) is 0.428.